The van der Waals surface area contributed by atoms with Crippen molar-refractivity contribution >= 4 is 19.7 Å². The highest BCUT2D eigenvalue weighted by molar-refractivity contribution is 7.44. The van der Waals surface area contributed by atoms with Gasteiger partial charge in [-0.15, -0.1) is 0 Å². The molecule has 0 bridgehead atoms. The molecule has 0 aliphatic carbocycles. The van der Waals surface area contributed by atoms with Crippen molar-refractivity contribution < 1.29 is 23.6 Å². The fraction of sp³-hybridized carbons (Fsp3) is 0.750. The molecule has 0 rings (SSSR count). The van der Waals surface area contributed by atoms with Crippen LogP contribution in [0.25, 0.3) is 0 Å². The fourth-order valence-corrected chi connectivity index (χ4v) is 2.03. The van der Waals surface area contributed by atoms with Crippen LogP contribution in [-0.4, -0.2) is 38.5 Å². The molecule has 14 heavy (non-hydrogen) atoms. The lowest BCUT2D eigenvalue weighted by atomic mass is 10.5. The minimum atomic E-state index is -1.85. The summed E-state index contributed by atoms with van der Waals surface area (Å²) in [5.74, 6) is -0.747. The van der Waals surface area contributed by atoms with E-state index in [1.807, 2.05) is 0 Å². The number of methoxy groups -OCH3 is 2. The molecule has 0 spiro atoms. The Morgan fingerprint density at radius 1 is 1.00 bits per heavy atom. The first kappa shape index (κ1) is 13.2. The zero-order valence-electron chi connectivity index (χ0n) is 8.37. The zero-order valence-corrected chi connectivity index (χ0v) is 9.37. The lowest BCUT2D eigenvalue weighted by Crippen LogP contribution is -2.04. The molecule has 0 fully saturated rings. The van der Waals surface area contributed by atoms with Crippen LogP contribution in [0.15, 0.2) is 0 Å². The molecule has 6 heteroatoms. The number of hydrogen-bond donors (Lipinski definition) is 0. The Labute approximate surface area is 83.5 Å². The van der Waals surface area contributed by atoms with E-state index in [1.165, 1.54) is 14.2 Å². The predicted octanol–water partition coefficient (Wildman–Crippen LogP) is 0.672. The summed E-state index contributed by atoms with van der Waals surface area (Å²) in [4.78, 5) is 21.3. The lowest BCUT2D eigenvalue weighted by Gasteiger charge is -2.00. The van der Waals surface area contributed by atoms with Gasteiger partial charge in [0, 0.05) is 12.3 Å². The monoisotopic (exact) mass is 222 g/mol. The second-order valence-corrected chi connectivity index (χ2v) is 4.77. The number of carbonyl (C=O) groups is 2. The average Bonchev–Trinajstić information content (AvgIpc) is 2.22. The third kappa shape index (κ3) is 6.66. The minimum absolute atomic E-state index is 0.148. The molecule has 0 saturated heterocycles. The van der Waals surface area contributed by atoms with Crippen LogP contribution in [0.5, 0.6) is 0 Å². The Hall–Kier alpha value is -0.830. The maximum atomic E-state index is 11.3. The van der Waals surface area contributed by atoms with E-state index in [1.54, 1.807) is 0 Å². The molecule has 0 aromatic rings. The molecular formula is C8H15O5P. The molecular weight excluding hydrogens is 207 g/mol. The minimum Gasteiger partial charge on any atom is -0.469 e. The number of carbonyl (C=O) groups excluding carboxylic acids is 2. The normalized spacial score (nSPS) is 9.93. The maximum Gasteiger partial charge on any atom is 0.305 e. The molecule has 82 valence electrons. The van der Waals surface area contributed by atoms with Crippen LogP contribution in [0.4, 0.5) is 0 Å². The molecule has 0 aliphatic heterocycles. The Kier molecular flexibility index (Phi) is 7.11. The van der Waals surface area contributed by atoms with E-state index in [4.69, 9.17) is 0 Å². The molecule has 0 atom stereocenters. The Morgan fingerprint density at radius 3 is 1.64 bits per heavy atom. The van der Waals surface area contributed by atoms with Gasteiger partial charge in [-0.25, -0.2) is 0 Å². The van der Waals surface area contributed by atoms with Crippen molar-refractivity contribution in [2.45, 2.75) is 12.8 Å². The first-order chi connectivity index (χ1) is 6.60. The zero-order chi connectivity index (χ0) is 11.0. The summed E-state index contributed by atoms with van der Waals surface area (Å²) in [7, 11) is 0.720. The molecule has 5 nitrogen and oxygen atoms in total. The van der Waals surface area contributed by atoms with Crippen molar-refractivity contribution in [3.8, 4) is 0 Å². The summed E-state index contributed by atoms with van der Waals surface area (Å²) in [6, 6.07) is 0. The van der Waals surface area contributed by atoms with Crippen molar-refractivity contribution in [1.82, 2.24) is 0 Å². The van der Waals surface area contributed by atoms with Gasteiger partial charge in [-0.1, -0.05) is 0 Å². The van der Waals surface area contributed by atoms with Gasteiger partial charge in [0.25, 0.3) is 0 Å². The number of hydrogen-bond acceptors (Lipinski definition) is 5. The van der Waals surface area contributed by atoms with Crippen LogP contribution in [0.2, 0.25) is 0 Å². The van der Waals surface area contributed by atoms with Gasteiger partial charge < -0.3 is 14.0 Å². The third-order valence-electron chi connectivity index (χ3n) is 1.67. The highest BCUT2D eigenvalue weighted by Crippen LogP contribution is 2.22. The summed E-state index contributed by atoms with van der Waals surface area (Å²) in [5, 5.41) is 0. The number of esters is 2. The van der Waals surface area contributed by atoms with Crippen molar-refractivity contribution in [2.24, 2.45) is 0 Å². The molecule has 0 heterocycles. The maximum absolute atomic E-state index is 11.3. The van der Waals surface area contributed by atoms with Gasteiger partial charge in [0.15, 0.2) is 0 Å². The summed E-state index contributed by atoms with van der Waals surface area (Å²) < 4.78 is 20.0. The van der Waals surface area contributed by atoms with Crippen LogP contribution < -0.4 is 0 Å². The highest BCUT2D eigenvalue weighted by atomic mass is 31.1. The standard InChI is InChI=1S/C8H15O5P/c1-12-7(9)3-5-14(11)6-4-8(10)13-2/h14H,3-6H2,1-2H3. The second kappa shape index (κ2) is 7.56. The molecule has 0 aromatic carbocycles. The van der Waals surface area contributed by atoms with Gasteiger partial charge in [-0.05, 0) is 0 Å². The largest absolute Gasteiger partial charge is 0.469 e. The smallest absolute Gasteiger partial charge is 0.305 e. The second-order valence-electron chi connectivity index (χ2n) is 2.69. The first-order valence-corrected chi connectivity index (χ1v) is 6.07. The van der Waals surface area contributed by atoms with Crippen molar-refractivity contribution in [2.75, 3.05) is 26.5 Å². The molecule has 0 aromatic heterocycles. The van der Waals surface area contributed by atoms with Crippen molar-refractivity contribution in [3.63, 3.8) is 0 Å². The molecule has 0 aliphatic rings. The fourth-order valence-electron chi connectivity index (χ4n) is 0.812. The topological polar surface area (TPSA) is 69.7 Å². The predicted molar refractivity (Wildman–Crippen MR) is 52.0 cm³/mol. The van der Waals surface area contributed by atoms with E-state index in [-0.39, 0.29) is 24.8 Å². The van der Waals surface area contributed by atoms with Gasteiger partial charge >= 0.3 is 11.9 Å². The number of ether oxygens (including phenoxy) is 2. The lowest BCUT2D eigenvalue weighted by molar-refractivity contribution is -0.140. The number of rotatable bonds is 6. The molecule has 0 saturated carbocycles. The summed E-state index contributed by atoms with van der Waals surface area (Å²) in [5.41, 5.74) is 0. The molecule has 0 N–H and O–H groups in total. The van der Waals surface area contributed by atoms with E-state index in [0.29, 0.717) is 12.3 Å². The average molecular weight is 222 g/mol. The van der Waals surface area contributed by atoms with Gasteiger partial charge in [0.05, 0.1) is 34.9 Å². The summed E-state index contributed by atoms with van der Waals surface area (Å²) in [6.07, 6.45) is 0.896. The van der Waals surface area contributed by atoms with Crippen LogP contribution in [-0.2, 0) is 23.6 Å². The summed E-state index contributed by atoms with van der Waals surface area (Å²) in [6.45, 7) is 0. The Balaban J connectivity index is 3.56. The van der Waals surface area contributed by atoms with Crippen molar-refractivity contribution in [3.05, 3.63) is 0 Å². The Bertz CT molecular complexity index is 204. The van der Waals surface area contributed by atoms with Gasteiger partial charge in [-0.2, -0.15) is 0 Å². The van der Waals surface area contributed by atoms with E-state index in [2.05, 4.69) is 9.47 Å². The quantitative estimate of drug-likeness (QED) is 0.488. The first-order valence-electron chi connectivity index (χ1n) is 4.25. The van der Waals surface area contributed by atoms with Crippen LogP contribution in [0, 0.1) is 0 Å². The van der Waals surface area contributed by atoms with Crippen LogP contribution in [0.3, 0.4) is 0 Å². The molecule has 0 unspecified atom stereocenters. The van der Waals surface area contributed by atoms with Gasteiger partial charge in [-0.3, -0.25) is 9.59 Å². The SMILES string of the molecule is COC(=O)CC[PH](=O)CCC(=O)OC. The van der Waals surface area contributed by atoms with Crippen molar-refractivity contribution in [1.29, 1.82) is 0 Å². The summed E-state index contributed by atoms with van der Waals surface area (Å²) >= 11 is 0. The van der Waals surface area contributed by atoms with E-state index >= 15 is 0 Å². The molecule has 0 amide bonds. The van der Waals surface area contributed by atoms with E-state index < -0.39 is 7.80 Å². The van der Waals surface area contributed by atoms with Gasteiger partial charge in [0.2, 0.25) is 0 Å². The highest BCUT2D eigenvalue weighted by Gasteiger charge is 2.08. The van der Waals surface area contributed by atoms with Gasteiger partial charge in [0.1, 0.15) is 0 Å². The van der Waals surface area contributed by atoms with E-state index in [0.717, 1.165) is 0 Å². The third-order valence-corrected chi connectivity index (χ3v) is 3.29. The van der Waals surface area contributed by atoms with E-state index in [9.17, 15) is 14.2 Å². The Morgan fingerprint density at radius 2 is 1.36 bits per heavy atom. The molecule has 0 radical (unpaired) electrons. The van der Waals surface area contributed by atoms with Crippen LogP contribution >= 0.6 is 7.80 Å². The van der Waals surface area contributed by atoms with Crippen LogP contribution in [0.1, 0.15) is 12.8 Å².